The van der Waals surface area contributed by atoms with Crippen molar-refractivity contribution >= 4 is 29.3 Å². The molecule has 1 amide bonds. The second-order valence-electron chi connectivity index (χ2n) is 8.35. The van der Waals surface area contributed by atoms with Crippen molar-refractivity contribution in [1.29, 1.82) is 0 Å². The lowest BCUT2D eigenvalue weighted by molar-refractivity contribution is 0.0628. The predicted octanol–water partition coefficient (Wildman–Crippen LogP) is 3.79. The Morgan fingerprint density at radius 2 is 2.03 bits per heavy atom. The topological polar surface area (TPSA) is 146 Å². The summed E-state index contributed by atoms with van der Waals surface area (Å²) in [5, 5.41) is 4.53. The molecule has 11 nitrogen and oxygen atoms in total. The van der Waals surface area contributed by atoms with Crippen LogP contribution in [0.3, 0.4) is 0 Å². The van der Waals surface area contributed by atoms with E-state index < -0.39 is 5.83 Å². The molecule has 3 heterocycles. The number of allylic oxidation sites excluding steroid dienone is 2. The summed E-state index contributed by atoms with van der Waals surface area (Å²) in [4.78, 5) is 22.2. The minimum atomic E-state index is -0.572. The van der Waals surface area contributed by atoms with E-state index in [9.17, 15) is 9.18 Å². The Bertz CT molecular complexity index is 1130. The number of nitrogens with two attached hydrogens (primary N) is 2. The number of nitrogen functional groups attached to an aromatic ring is 1. The smallest absolute Gasteiger partial charge is 0.409 e. The molecule has 0 spiro atoms. The van der Waals surface area contributed by atoms with Gasteiger partial charge < -0.3 is 25.5 Å². The lowest BCUT2D eigenvalue weighted by Crippen LogP contribution is -2.39. The average Bonchev–Trinajstić information content (AvgIpc) is 3.40. The number of amidine groups is 1. The highest BCUT2D eigenvalue weighted by molar-refractivity contribution is 6.29. The van der Waals surface area contributed by atoms with E-state index >= 15 is 0 Å². The van der Waals surface area contributed by atoms with Gasteiger partial charge in [-0.3, -0.25) is 9.67 Å². The first-order valence-electron chi connectivity index (χ1n) is 12.1. The van der Waals surface area contributed by atoms with Crippen LogP contribution in [0, 0.1) is 0 Å². The van der Waals surface area contributed by atoms with Crippen molar-refractivity contribution in [3.8, 4) is 11.1 Å². The highest BCUT2D eigenvalue weighted by Crippen LogP contribution is 2.27. The molecule has 1 saturated heterocycles. The van der Waals surface area contributed by atoms with Crippen LogP contribution in [0.2, 0.25) is 0 Å². The fourth-order valence-electron chi connectivity index (χ4n) is 3.59. The summed E-state index contributed by atoms with van der Waals surface area (Å²) in [7, 11) is 1.56. The number of amides is 1. The van der Waals surface area contributed by atoms with E-state index in [0.717, 1.165) is 24.0 Å². The third kappa shape index (κ3) is 8.82. The van der Waals surface area contributed by atoms with Gasteiger partial charge in [-0.2, -0.15) is 5.10 Å². The maximum atomic E-state index is 13.8. The molecule has 0 aliphatic carbocycles. The molecule has 0 bridgehead atoms. The predicted molar refractivity (Wildman–Crippen MR) is 147 cm³/mol. The second-order valence-corrected chi connectivity index (χ2v) is 8.91. The summed E-state index contributed by atoms with van der Waals surface area (Å²) in [5.74, 6) is 5.40. The van der Waals surface area contributed by atoms with E-state index in [4.69, 9.17) is 32.7 Å². The van der Waals surface area contributed by atoms with Crippen molar-refractivity contribution in [2.75, 3.05) is 45.7 Å². The Balaban J connectivity index is 0.00000161. The number of nitrogens with zero attached hydrogens (tertiary/aromatic N) is 5. The van der Waals surface area contributed by atoms with Gasteiger partial charge in [0.1, 0.15) is 24.1 Å². The lowest BCUT2D eigenvalue weighted by atomic mass is 10.1. The SMILES string of the molecule is C=CC.COCCOC(=O)N1CCC(n2cc(-c3cnc(N)c(C(=NC/C(F)=C(\C)Cl)NN)c3)cn2)CC1. The molecule has 0 saturated carbocycles. The Kier molecular flexibility index (Phi) is 12.7. The summed E-state index contributed by atoms with van der Waals surface area (Å²) in [6.45, 7) is 8.17. The van der Waals surface area contributed by atoms with Crippen molar-refractivity contribution < 1.29 is 18.7 Å². The van der Waals surface area contributed by atoms with Crippen LogP contribution in [0.25, 0.3) is 11.1 Å². The van der Waals surface area contributed by atoms with Crippen LogP contribution in [-0.2, 0) is 9.47 Å². The van der Waals surface area contributed by atoms with Gasteiger partial charge in [-0.1, -0.05) is 17.7 Å². The minimum Gasteiger partial charge on any atom is -0.447 e. The number of anilines is 1. The summed E-state index contributed by atoms with van der Waals surface area (Å²) in [6.07, 6.45) is 8.19. The van der Waals surface area contributed by atoms with Crippen LogP contribution in [0.4, 0.5) is 15.0 Å². The number of carbonyl (C=O) groups is 1. The molecular weight excluding hydrogens is 515 g/mol. The number of nitrogens with one attached hydrogen (secondary N) is 1. The summed E-state index contributed by atoms with van der Waals surface area (Å²) < 4.78 is 25.8. The number of rotatable bonds is 8. The summed E-state index contributed by atoms with van der Waals surface area (Å²) in [5.41, 5.74) is 10.5. The number of likely N-dealkylation sites (tertiary alicyclic amines) is 1. The third-order valence-electron chi connectivity index (χ3n) is 5.60. The van der Waals surface area contributed by atoms with Crippen molar-refractivity contribution in [2.24, 2.45) is 10.8 Å². The molecule has 5 N–H and O–H groups in total. The fourth-order valence-corrected chi connectivity index (χ4v) is 3.65. The molecule has 3 rings (SSSR count). The highest BCUT2D eigenvalue weighted by atomic mass is 35.5. The molecule has 2 aromatic heterocycles. The van der Waals surface area contributed by atoms with Crippen molar-refractivity contribution in [1.82, 2.24) is 25.1 Å². The molecule has 1 fully saturated rings. The normalized spacial score (nSPS) is 14.8. The number of ether oxygens (including phenoxy) is 2. The molecule has 0 aromatic carbocycles. The first-order valence-corrected chi connectivity index (χ1v) is 12.4. The Morgan fingerprint density at radius 3 is 2.63 bits per heavy atom. The van der Waals surface area contributed by atoms with Gasteiger partial charge in [-0.05, 0) is 32.8 Å². The highest BCUT2D eigenvalue weighted by Gasteiger charge is 2.25. The zero-order chi connectivity index (χ0) is 28.1. The number of hydrogen-bond acceptors (Lipinski definition) is 8. The van der Waals surface area contributed by atoms with Crippen LogP contribution in [0.15, 0.2) is 53.2 Å². The van der Waals surface area contributed by atoms with Gasteiger partial charge in [0.2, 0.25) is 0 Å². The molecule has 0 radical (unpaired) electrons. The van der Waals surface area contributed by atoms with Crippen molar-refractivity contribution in [3.05, 3.63) is 53.7 Å². The zero-order valence-corrected chi connectivity index (χ0v) is 22.7. The van der Waals surface area contributed by atoms with Crippen LogP contribution >= 0.6 is 11.6 Å². The van der Waals surface area contributed by atoms with Gasteiger partial charge in [0, 0.05) is 48.8 Å². The summed E-state index contributed by atoms with van der Waals surface area (Å²) >= 11 is 5.66. The Labute approximate surface area is 227 Å². The maximum Gasteiger partial charge on any atom is 0.409 e. The molecule has 2 aromatic rings. The molecule has 0 unspecified atom stereocenters. The number of hydrazine groups is 1. The monoisotopic (exact) mass is 550 g/mol. The van der Waals surface area contributed by atoms with Crippen LogP contribution in [0.1, 0.15) is 38.3 Å². The van der Waals surface area contributed by atoms with Gasteiger partial charge in [-0.25, -0.2) is 20.0 Å². The number of methoxy groups -OCH3 is 1. The number of hydrogen-bond donors (Lipinski definition) is 3. The van der Waals surface area contributed by atoms with E-state index in [2.05, 4.69) is 27.1 Å². The van der Waals surface area contributed by atoms with E-state index in [-0.39, 0.29) is 42.0 Å². The number of piperidine rings is 1. The van der Waals surface area contributed by atoms with E-state index in [0.29, 0.717) is 25.3 Å². The van der Waals surface area contributed by atoms with Crippen LogP contribution in [0.5, 0.6) is 0 Å². The van der Waals surface area contributed by atoms with E-state index in [1.54, 1.807) is 36.5 Å². The second kappa shape index (κ2) is 15.7. The zero-order valence-electron chi connectivity index (χ0n) is 22.0. The quantitative estimate of drug-likeness (QED) is 0.112. The summed E-state index contributed by atoms with van der Waals surface area (Å²) in [6, 6.07) is 1.90. The van der Waals surface area contributed by atoms with Gasteiger partial charge in [-0.15, -0.1) is 6.58 Å². The standard InChI is InChI=1S/C22H30ClFN8O3.C3H6/c1-14(23)19(24)12-28-21(30-26)18-9-15(10-27-20(18)25)16-11-29-32(13-16)17-3-5-31(6-4-17)22(33)35-8-7-34-2;1-3-2/h9-11,13,17H,3-8,12,26H2,1-2H3,(H2,25,27)(H,28,30);3H,1H2,2H3/b19-14-;. The number of carbonyl (C=O) groups excluding carboxylic acids is 1. The van der Waals surface area contributed by atoms with Crippen LogP contribution < -0.4 is 17.0 Å². The van der Waals surface area contributed by atoms with Gasteiger partial charge >= 0.3 is 6.09 Å². The van der Waals surface area contributed by atoms with E-state index in [1.165, 1.54) is 6.92 Å². The first kappa shape index (κ1) is 30.7. The van der Waals surface area contributed by atoms with E-state index in [1.807, 2.05) is 17.8 Å². The molecule has 13 heteroatoms. The fraction of sp³-hybridized carbons (Fsp3) is 0.440. The molecular formula is C25H36ClFN8O3. The lowest BCUT2D eigenvalue weighted by Gasteiger charge is -2.31. The number of halogens is 2. The van der Waals surface area contributed by atoms with Crippen molar-refractivity contribution in [2.45, 2.75) is 32.7 Å². The third-order valence-corrected chi connectivity index (χ3v) is 5.81. The molecule has 38 heavy (non-hydrogen) atoms. The Morgan fingerprint density at radius 1 is 1.34 bits per heavy atom. The van der Waals surface area contributed by atoms with Crippen LogP contribution in [-0.4, -0.2) is 71.6 Å². The number of pyridine rings is 1. The van der Waals surface area contributed by atoms with Gasteiger partial charge in [0.05, 0.1) is 31.0 Å². The molecule has 1 aliphatic rings. The minimum absolute atomic E-state index is 0.0196. The van der Waals surface area contributed by atoms with Crippen molar-refractivity contribution in [3.63, 3.8) is 0 Å². The maximum absolute atomic E-state index is 13.8. The largest absolute Gasteiger partial charge is 0.447 e. The first-order chi connectivity index (χ1) is 18.2. The molecule has 0 atom stereocenters. The average molecular weight is 551 g/mol. The number of aromatic nitrogens is 3. The van der Waals surface area contributed by atoms with Gasteiger partial charge in [0.25, 0.3) is 0 Å². The number of aliphatic imine (C=N–C) groups is 1. The Hall–Kier alpha value is -3.48. The molecule has 1 aliphatic heterocycles. The molecule has 208 valence electrons. The van der Waals surface area contributed by atoms with Gasteiger partial charge in [0.15, 0.2) is 0 Å².